The Morgan fingerprint density at radius 2 is 1.22 bits per heavy atom. The van der Waals surface area contributed by atoms with Crippen LogP contribution in [0, 0.1) is 13.8 Å². The van der Waals surface area contributed by atoms with Crippen molar-refractivity contribution in [2.45, 2.75) is 20.3 Å². The predicted molar refractivity (Wildman–Crippen MR) is 174 cm³/mol. The number of nitrogens with two attached hydrogens (primary N) is 1. The SMILES string of the molecule is Cc1c(C)c(-c2cccc3c2[nH]c2ccccc23)c2c(c1N)Cc1ccc(-c3ccccc3)c(-c3ccccc3)c1-2. The molecule has 0 radical (unpaired) electrons. The van der Waals surface area contributed by atoms with Crippen LogP contribution in [0.15, 0.2) is 115 Å². The highest BCUT2D eigenvalue weighted by Crippen LogP contribution is 2.54. The highest BCUT2D eigenvalue weighted by Gasteiger charge is 2.32. The quantitative estimate of drug-likeness (QED) is 0.221. The third kappa shape index (κ3) is 3.44. The van der Waals surface area contributed by atoms with E-state index in [2.05, 4.69) is 134 Å². The van der Waals surface area contributed by atoms with Gasteiger partial charge in [-0.15, -0.1) is 0 Å². The lowest BCUT2D eigenvalue weighted by molar-refractivity contribution is 1.24. The first-order valence-corrected chi connectivity index (χ1v) is 14.3. The molecule has 1 heterocycles. The number of anilines is 1. The molecule has 0 saturated carbocycles. The molecule has 1 aliphatic rings. The number of aromatic amines is 1. The van der Waals surface area contributed by atoms with Gasteiger partial charge in [-0.1, -0.05) is 109 Å². The lowest BCUT2D eigenvalue weighted by Crippen LogP contribution is -2.02. The molecule has 0 saturated heterocycles. The highest BCUT2D eigenvalue weighted by atomic mass is 14.7. The summed E-state index contributed by atoms with van der Waals surface area (Å²) in [6, 6.07) is 41.5. The Kier molecular flexibility index (Phi) is 5.20. The van der Waals surface area contributed by atoms with Crippen LogP contribution in [0.4, 0.5) is 5.69 Å². The zero-order chi connectivity index (χ0) is 27.7. The summed E-state index contributed by atoms with van der Waals surface area (Å²) in [4.78, 5) is 3.77. The molecule has 2 nitrogen and oxygen atoms in total. The number of para-hydroxylation sites is 2. The summed E-state index contributed by atoms with van der Waals surface area (Å²) in [6.45, 7) is 4.42. The Morgan fingerprint density at radius 3 is 2.00 bits per heavy atom. The maximum Gasteiger partial charge on any atom is 0.0544 e. The molecule has 0 spiro atoms. The number of fused-ring (bicyclic) bond motifs is 6. The van der Waals surface area contributed by atoms with E-state index < -0.39 is 0 Å². The van der Waals surface area contributed by atoms with Gasteiger partial charge >= 0.3 is 0 Å². The monoisotopic (exact) mass is 526 g/mol. The minimum Gasteiger partial charge on any atom is -0.398 e. The number of rotatable bonds is 3. The first-order chi connectivity index (χ1) is 20.1. The molecule has 41 heavy (non-hydrogen) atoms. The van der Waals surface area contributed by atoms with E-state index in [1.54, 1.807) is 0 Å². The Bertz CT molecular complexity index is 2130. The molecule has 1 aromatic heterocycles. The normalized spacial score (nSPS) is 12.1. The summed E-state index contributed by atoms with van der Waals surface area (Å²) < 4.78 is 0. The third-order valence-corrected chi connectivity index (χ3v) is 9.09. The molecule has 8 rings (SSSR count). The zero-order valence-corrected chi connectivity index (χ0v) is 23.3. The average molecular weight is 527 g/mol. The predicted octanol–water partition coefficient (Wildman–Crippen LogP) is 10.1. The molecule has 196 valence electrons. The van der Waals surface area contributed by atoms with Gasteiger partial charge in [-0.3, -0.25) is 0 Å². The van der Waals surface area contributed by atoms with Crippen molar-refractivity contribution in [1.82, 2.24) is 4.98 Å². The van der Waals surface area contributed by atoms with Crippen LogP contribution in [0.5, 0.6) is 0 Å². The fourth-order valence-electron chi connectivity index (χ4n) is 7.00. The molecule has 0 unspecified atom stereocenters. The van der Waals surface area contributed by atoms with Crippen LogP contribution in [0.3, 0.4) is 0 Å². The smallest absolute Gasteiger partial charge is 0.0544 e. The molecule has 1 aliphatic carbocycles. The van der Waals surface area contributed by atoms with E-state index >= 15 is 0 Å². The summed E-state index contributed by atoms with van der Waals surface area (Å²) >= 11 is 0. The van der Waals surface area contributed by atoms with Gasteiger partial charge in [0.25, 0.3) is 0 Å². The molecule has 2 heteroatoms. The van der Waals surface area contributed by atoms with Crippen LogP contribution in [0.25, 0.3) is 66.3 Å². The van der Waals surface area contributed by atoms with Crippen LogP contribution in [0.2, 0.25) is 0 Å². The van der Waals surface area contributed by atoms with Crippen LogP contribution in [-0.2, 0) is 6.42 Å². The largest absolute Gasteiger partial charge is 0.398 e. The van der Waals surface area contributed by atoms with Gasteiger partial charge < -0.3 is 10.7 Å². The van der Waals surface area contributed by atoms with E-state index in [4.69, 9.17) is 5.73 Å². The van der Waals surface area contributed by atoms with Crippen molar-refractivity contribution in [2.24, 2.45) is 0 Å². The van der Waals surface area contributed by atoms with Gasteiger partial charge in [-0.2, -0.15) is 0 Å². The number of nitrogen functional groups attached to an aromatic ring is 1. The van der Waals surface area contributed by atoms with Gasteiger partial charge in [0.1, 0.15) is 0 Å². The van der Waals surface area contributed by atoms with Gasteiger partial charge in [-0.25, -0.2) is 0 Å². The highest BCUT2D eigenvalue weighted by molar-refractivity contribution is 6.15. The standard InChI is InChI=1S/C39H30N2/c1-23-24(2)38(40)32-22-27-20-21-28(25-12-5-3-6-13-25)35(26-14-7-4-8-15-26)36(27)37(32)34(23)31-18-11-17-30-29-16-9-10-19-33(29)41-39(30)31/h3-21,41H,22,40H2,1-2H3. The topological polar surface area (TPSA) is 41.8 Å². The van der Waals surface area contributed by atoms with Crippen molar-refractivity contribution in [3.63, 3.8) is 0 Å². The molecule has 0 bridgehead atoms. The van der Waals surface area contributed by atoms with E-state index in [0.717, 1.165) is 17.6 Å². The number of aromatic nitrogens is 1. The Balaban J connectivity index is 1.53. The lowest BCUT2D eigenvalue weighted by atomic mass is 9.82. The van der Waals surface area contributed by atoms with Crippen molar-refractivity contribution in [2.75, 3.05) is 5.73 Å². The summed E-state index contributed by atoms with van der Waals surface area (Å²) in [6.07, 6.45) is 0.836. The Morgan fingerprint density at radius 1 is 0.537 bits per heavy atom. The summed E-state index contributed by atoms with van der Waals surface area (Å²) in [7, 11) is 0. The molecule has 0 atom stereocenters. The molecule has 0 fully saturated rings. The van der Waals surface area contributed by atoms with E-state index in [9.17, 15) is 0 Å². The van der Waals surface area contributed by atoms with E-state index in [-0.39, 0.29) is 0 Å². The van der Waals surface area contributed by atoms with Crippen LogP contribution >= 0.6 is 0 Å². The van der Waals surface area contributed by atoms with Crippen molar-refractivity contribution >= 4 is 27.5 Å². The Hall–Kier alpha value is -5.08. The van der Waals surface area contributed by atoms with E-state index in [1.807, 2.05) is 0 Å². The minimum absolute atomic E-state index is 0.836. The van der Waals surface area contributed by atoms with Gasteiger partial charge in [0.05, 0.1) is 5.52 Å². The lowest BCUT2D eigenvalue weighted by Gasteiger charge is -2.22. The average Bonchev–Trinajstić information content (AvgIpc) is 3.60. The number of hydrogen-bond donors (Lipinski definition) is 2. The molecule has 3 N–H and O–H groups in total. The zero-order valence-electron chi connectivity index (χ0n) is 23.3. The minimum atomic E-state index is 0.836. The summed E-state index contributed by atoms with van der Waals surface area (Å²) in [5.74, 6) is 0. The van der Waals surface area contributed by atoms with Crippen molar-refractivity contribution in [1.29, 1.82) is 0 Å². The molecular formula is C39H30N2. The molecule has 7 aromatic rings. The van der Waals surface area contributed by atoms with Gasteiger partial charge in [0, 0.05) is 34.0 Å². The van der Waals surface area contributed by atoms with Crippen molar-refractivity contribution < 1.29 is 0 Å². The fraction of sp³-hybridized carbons (Fsp3) is 0.0769. The second kappa shape index (κ2) is 8.97. The number of nitrogens with one attached hydrogen (secondary N) is 1. The molecular weight excluding hydrogens is 496 g/mol. The maximum atomic E-state index is 6.97. The second-order valence-corrected chi connectivity index (χ2v) is 11.2. The number of benzene rings is 6. The first-order valence-electron chi connectivity index (χ1n) is 14.3. The van der Waals surface area contributed by atoms with Crippen molar-refractivity contribution in [3.8, 4) is 44.5 Å². The molecule has 0 aliphatic heterocycles. The van der Waals surface area contributed by atoms with Gasteiger partial charge in [0.15, 0.2) is 0 Å². The maximum absolute atomic E-state index is 6.97. The summed E-state index contributed by atoms with van der Waals surface area (Å²) in [5.41, 5.74) is 25.3. The van der Waals surface area contributed by atoms with Gasteiger partial charge in [0.2, 0.25) is 0 Å². The van der Waals surface area contributed by atoms with E-state index in [0.29, 0.717) is 0 Å². The molecule has 6 aromatic carbocycles. The second-order valence-electron chi connectivity index (χ2n) is 11.2. The summed E-state index contributed by atoms with van der Waals surface area (Å²) in [5, 5.41) is 2.50. The Labute approximate surface area is 240 Å². The van der Waals surface area contributed by atoms with Crippen LogP contribution < -0.4 is 5.73 Å². The number of H-pyrrole nitrogens is 1. The van der Waals surface area contributed by atoms with E-state index in [1.165, 1.54) is 83.1 Å². The van der Waals surface area contributed by atoms with Crippen LogP contribution in [0.1, 0.15) is 22.3 Å². The molecule has 0 amide bonds. The van der Waals surface area contributed by atoms with Crippen LogP contribution in [-0.4, -0.2) is 4.98 Å². The van der Waals surface area contributed by atoms with Crippen molar-refractivity contribution in [3.05, 3.63) is 138 Å². The van der Waals surface area contributed by atoms with Gasteiger partial charge in [-0.05, 0) is 81.1 Å². The fourth-order valence-corrected chi connectivity index (χ4v) is 7.00. The number of hydrogen-bond acceptors (Lipinski definition) is 1. The third-order valence-electron chi connectivity index (χ3n) is 9.09. The first kappa shape index (κ1) is 23.8.